The Morgan fingerprint density at radius 1 is 1.00 bits per heavy atom. The number of aliphatic hydroxyl groups excluding tert-OH is 1. The zero-order valence-corrected chi connectivity index (χ0v) is 22.6. The summed E-state index contributed by atoms with van der Waals surface area (Å²) in [6, 6.07) is 13.1. The Morgan fingerprint density at radius 2 is 1.73 bits per heavy atom. The fourth-order valence-electron chi connectivity index (χ4n) is 5.63. The van der Waals surface area contributed by atoms with Crippen molar-refractivity contribution >= 4 is 40.5 Å². The van der Waals surface area contributed by atoms with Crippen LogP contribution in [-0.2, 0) is 9.53 Å². The number of rotatable bonds is 8. The Bertz CT molecular complexity index is 1060. The van der Waals surface area contributed by atoms with Crippen LogP contribution in [0.1, 0.15) is 30.9 Å². The van der Waals surface area contributed by atoms with Crippen LogP contribution in [-0.4, -0.2) is 81.0 Å². The topological polar surface area (TPSA) is 68.3 Å². The number of morpholine rings is 1. The molecule has 9 heteroatoms. The molecule has 3 fully saturated rings. The van der Waals surface area contributed by atoms with Crippen LogP contribution in [0.4, 0.5) is 11.4 Å². The maximum Gasteiger partial charge on any atom is 0.225 e. The van der Waals surface area contributed by atoms with Crippen molar-refractivity contribution in [3.63, 3.8) is 0 Å². The van der Waals surface area contributed by atoms with Crippen LogP contribution >= 0.6 is 23.2 Å². The number of carbonyl (C=O) groups excluding carboxylic acids is 1. The first-order valence-electron chi connectivity index (χ1n) is 13.3. The Morgan fingerprint density at radius 3 is 2.43 bits per heavy atom. The van der Waals surface area contributed by atoms with E-state index < -0.39 is 12.1 Å². The molecule has 3 aliphatic rings. The third-order valence-corrected chi connectivity index (χ3v) is 8.33. The average Bonchev–Trinajstić information content (AvgIpc) is 3.61. The predicted molar refractivity (Wildman–Crippen MR) is 149 cm³/mol. The lowest BCUT2D eigenvalue weighted by Gasteiger charge is -2.31. The van der Waals surface area contributed by atoms with Crippen LogP contribution in [0.15, 0.2) is 42.5 Å². The number of anilines is 2. The van der Waals surface area contributed by atoms with Crippen LogP contribution in [0.25, 0.3) is 0 Å². The third kappa shape index (κ3) is 6.52. The van der Waals surface area contributed by atoms with Crippen LogP contribution in [0.3, 0.4) is 0 Å². The molecule has 7 nitrogen and oxygen atoms in total. The molecule has 0 unspecified atom stereocenters. The van der Waals surface area contributed by atoms with Crippen molar-refractivity contribution in [3.8, 4) is 0 Å². The molecule has 0 bridgehead atoms. The monoisotopic (exact) mass is 546 g/mol. The van der Waals surface area contributed by atoms with E-state index in [-0.39, 0.29) is 11.8 Å². The summed E-state index contributed by atoms with van der Waals surface area (Å²) in [5.74, 6) is -0.132. The first-order chi connectivity index (χ1) is 18.0. The van der Waals surface area contributed by atoms with Crippen molar-refractivity contribution in [3.05, 3.63) is 58.1 Å². The number of amides is 1. The predicted octanol–water partition coefficient (Wildman–Crippen LogP) is 3.97. The van der Waals surface area contributed by atoms with Crippen LogP contribution < -0.4 is 15.1 Å². The highest BCUT2D eigenvalue weighted by Crippen LogP contribution is 2.31. The van der Waals surface area contributed by atoms with Gasteiger partial charge >= 0.3 is 0 Å². The minimum Gasteiger partial charge on any atom is -0.386 e. The number of likely N-dealkylation sites (tertiary alicyclic amines) is 1. The fraction of sp³-hybridized carbons (Fsp3) is 0.536. The lowest BCUT2D eigenvalue weighted by Crippen LogP contribution is -2.48. The molecule has 37 heavy (non-hydrogen) atoms. The molecule has 0 saturated carbocycles. The molecule has 0 radical (unpaired) electrons. The van der Waals surface area contributed by atoms with E-state index in [1.54, 1.807) is 0 Å². The van der Waals surface area contributed by atoms with Gasteiger partial charge < -0.3 is 29.9 Å². The van der Waals surface area contributed by atoms with Crippen molar-refractivity contribution in [1.29, 1.82) is 0 Å². The molecule has 2 aromatic carbocycles. The molecule has 200 valence electrons. The SMILES string of the molecule is O=C(N[C@H](CN1CCCC1)[C@H](O)c1ccc(N2CCOCC2)c(Cl)c1)[C@@H]1CCN(c2ccc(Cl)cc2)C1. The summed E-state index contributed by atoms with van der Waals surface area (Å²) >= 11 is 12.7. The molecular formula is C28H36Cl2N4O3. The highest BCUT2D eigenvalue weighted by Gasteiger charge is 2.33. The summed E-state index contributed by atoms with van der Waals surface area (Å²) in [5.41, 5.74) is 2.75. The van der Waals surface area contributed by atoms with Gasteiger partial charge in [0.1, 0.15) is 6.10 Å². The molecule has 2 aromatic rings. The zero-order valence-electron chi connectivity index (χ0n) is 21.1. The van der Waals surface area contributed by atoms with E-state index in [2.05, 4.69) is 20.0 Å². The third-order valence-electron chi connectivity index (χ3n) is 7.78. The van der Waals surface area contributed by atoms with Crippen LogP contribution in [0, 0.1) is 5.92 Å². The second-order valence-electron chi connectivity index (χ2n) is 10.3. The Kier molecular flexibility index (Phi) is 8.78. The summed E-state index contributed by atoms with van der Waals surface area (Å²) in [4.78, 5) is 20.1. The largest absolute Gasteiger partial charge is 0.386 e. The quantitative estimate of drug-likeness (QED) is 0.522. The summed E-state index contributed by atoms with van der Waals surface area (Å²) in [7, 11) is 0. The lowest BCUT2D eigenvalue weighted by molar-refractivity contribution is -0.126. The minimum atomic E-state index is -0.852. The van der Waals surface area contributed by atoms with Gasteiger partial charge in [-0.25, -0.2) is 0 Å². The van der Waals surface area contributed by atoms with Gasteiger partial charge in [0.05, 0.1) is 35.9 Å². The van der Waals surface area contributed by atoms with Gasteiger partial charge in [0, 0.05) is 43.4 Å². The summed E-state index contributed by atoms with van der Waals surface area (Å²) in [6.07, 6.45) is 2.22. The number of nitrogens with zero attached hydrogens (tertiary/aromatic N) is 3. The second-order valence-corrected chi connectivity index (χ2v) is 11.1. The zero-order chi connectivity index (χ0) is 25.8. The number of ether oxygens (including phenoxy) is 1. The van der Waals surface area contributed by atoms with E-state index in [9.17, 15) is 9.90 Å². The molecule has 3 atom stereocenters. The lowest BCUT2D eigenvalue weighted by atomic mass is 9.99. The molecule has 0 aliphatic carbocycles. The van der Waals surface area contributed by atoms with Gasteiger partial charge in [-0.1, -0.05) is 29.3 Å². The first kappa shape index (κ1) is 26.6. The van der Waals surface area contributed by atoms with Gasteiger partial charge in [-0.2, -0.15) is 0 Å². The van der Waals surface area contributed by atoms with E-state index in [0.29, 0.717) is 36.3 Å². The maximum absolute atomic E-state index is 13.4. The number of hydrogen-bond acceptors (Lipinski definition) is 6. The summed E-state index contributed by atoms with van der Waals surface area (Å²) < 4.78 is 5.46. The van der Waals surface area contributed by atoms with Crippen molar-refractivity contribution in [1.82, 2.24) is 10.2 Å². The summed E-state index contributed by atoms with van der Waals surface area (Å²) in [6.45, 7) is 7.02. The van der Waals surface area contributed by atoms with Crippen molar-refractivity contribution in [2.24, 2.45) is 5.92 Å². The number of hydrogen-bond donors (Lipinski definition) is 2. The van der Waals surface area contributed by atoms with Gasteiger partial charge in [0.15, 0.2) is 0 Å². The van der Waals surface area contributed by atoms with Gasteiger partial charge in [0.2, 0.25) is 5.91 Å². The smallest absolute Gasteiger partial charge is 0.225 e. The molecule has 0 aromatic heterocycles. The summed E-state index contributed by atoms with van der Waals surface area (Å²) in [5, 5.41) is 16.0. The fourth-order valence-corrected chi connectivity index (χ4v) is 6.06. The van der Waals surface area contributed by atoms with Crippen molar-refractivity contribution < 1.29 is 14.6 Å². The number of nitrogens with one attached hydrogen (secondary N) is 1. The normalized spacial score (nSPS) is 22.3. The van der Waals surface area contributed by atoms with Gasteiger partial charge in [-0.05, 0) is 74.3 Å². The van der Waals surface area contributed by atoms with E-state index in [0.717, 1.165) is 68.9 Å². The van der Waals surface area contributed by atoms with Gasteiger partial charge in [0.25, 0.3) is 0 Å². The van der Waals surface area contributed by atoms with Crippen LogP contribution in [0.2, 0.25) is 10.0 Å². The van der Waals surface area contributed by atoms with Crippen molar-refractivity contribution in [2.45, 2.75) is 31.4 Å². The molecule has 5 rings (SSSR count). The Balaban J connectivity index is 1.27. The van der Waals surface area contributed by atoms with Crippen LogP contribution in [0.5, 0.6) is 0 Å². The molecule has 1 amide bonds. The van der Waals surface area contributed by atoms with Gasteiger partial charge in [-0.3, -0.25) is 4.79 Å². The molecule has 0 spiro atoms. The Hall–Kier alpha value is -2.03. The highest BCUT2D eigenvalue weighted by molar-refractivity contribution is 6.33. The highest BCUT2D eigenvalue weighted by atomic mass is 35.5. The van der Waals surface area contributed by atoms with E-state index in [4.69, 9.17) is 27.9 Å². The number of halogens is 2. The van der Waals surface area contributed by atoms with E-state index in [1.165, 1.54) is 0 Å². The van der Waals surface area contributed by atoms with Gasteiger partial charge in [-0.15, -0.1) is 0 Å². The minimum absolute atomic E-state index is 0.00394. The number of benzene rings is 2. The standard InChI is InChI=1S/C28H36Cl2N4O3/c29-22-4-6-23(7-5-22)34-12-9-21(18-34)28(36)31-25(19-32-10-1-2-11-32)27(35)20-3-8-26(24(30)17-20)33-13-15-37-16-14-33/h3-8,17,21,25,27,35H,1-2,9-16,18-19H2,(H,31,36)/t21-,25-,27-/m1/s1. The maximum atomic E-state index is 13.4. The average molecular weight is 548 g/mol. The number of carbonyl (C=O) groups is 1. The molecular weight excluding hydrogens is 511 g/mol. The Labute approximate surface area is 229 Å². The second kappa shape index (κ2) is 12.2. The molecule has 2 N–H and O–H groups in total. The van der Waals surface area contributed by atoms with E-state index >= 15 is 0 Å². The molecule has 3 heterocycles. The molecule has 3 saturated heterocycles. The van der Waals surface area contributed by atoms with Crippen molar-refractivity contribution in [2.75, 3.05) is 68.8 Å². The first-order valence-corrected chi connectivity index (χ1v) is 14.1. The molecule has 3 aliphatic heterocycles. The van der Waals surface area contributed by atoms with E-state index in [1.807, 2.05) is 42.5 Å². The number of aliphatic hydroxyl groups is 1.